The molecule has 0 radical (unpaired) electrons. The Bertz CT molecular complexity index is 440. The highest BCUT2D eigenvalue weighted by Crippen LogP contribution is 2.37. The van der Waals surface area contributed by atoms with Crippen LogP contribution < -0.4 is 5.32 Å². The van der Waals surface area contributed by atoms with Gasteiger partial charge in [-0.1, -0.05) is 19.1 Å². The van der Waals surface area contributed by atoms with Crippen LogP contribution in [0, 0.1) is 23.2 Å². The van der Waals surface area contributed by atoms with Gasteiger partial charge in [-0.2, -0.15) is 5.26 Å². The van der Waals surface area contributed by atoms with Crippen molar-refractivity contribution in [3.8, 4) is 6.07 Å². The molecule has 3 heteroatoms. The molecule has 1 amide bonds. The molecule has 1 fully saturated rings. The molecule has 88 valence electrons. The van der Waals surface area contributed by atoms with Crippen LogP contribution in [0.4, 0.5) is 5.69 Å². The van der Waals surface area contributed by atoms with Crippen molar-refractivity contribution in [2.75, 3.05) is 5.32 Å². The number of hydrogen-bond donors (Lipinski definition) is 1. The van der Waals surface area contributed by atoms with Crippen molar-refractivity contribution in [3.05, 3.63) is 29.8 Å². The smallest absolute Gasteiger partial charge is 0.227 e. The average molecular weight is 228 g/mol. The molecular weight excluding hydrogens is 212 g/mol. The molecule has 0 heterocycles. The molecule has 1 aliphatic carbocycles. The summed E-state index contributed by atoms with van der Waals surface area (Å²) in [6, 6.07) is 9.55. The number of nitrogens with one attached hydrogen (secondary N) is 1. The van der Waals surface area contributed by atoms with E-state index in [2.05, 4.69) is 11.4 Å². The van der Waals surface area contributed by atoms with Gasteiger partial charge >= 0.3 is 0 Å². The summed E-state index contributed by atoms with van der Waals surface area (Å²) in [6.45, 7) is 1.98. The molecular formula is C14H16N2O. The Hall–Kier alpha value is -1.82. The van der Waals surface area contributed by atoms with Crippen molar-refractivity contribution in [1.82, 2.24) is 0 Å². The molecule has 2 rings (SSSR count). The molecule has 1 saturated carbocycles. The van der Waals surface area contributed by atoms with Gasteiger partial charge in [0.1, 0.15) is 0 Å². The van der Waals surface area contributed by atoms with Gasteiger partial charge in [0.25, 0.3) is 0 Å². The van der Waals surface area contributed by atoms with E-state index in [4.69, 9.17) is 5.26 Å². The Morgan fingerprint density at radius 1 is 1.47 bits per heavy atom. The first-order chi connectivity index (χ1) is 8.20. The lowest BCUT2D eigenvalue weighted by atomic mass is 10.1. The summed E-state index contributed by atoms with van der Waals surface area (Å²) >= 11 is 0. The predicted molar refractivity (Wildman–Crippen MR) is 66.3 cm³/mol. The van der Waals surface area contributed by atoms with E-state index in [1.165, 1.54) is 12.8 Å². The van der Waals surface area contributed by atoms with Crippen LogP contribution in [0.1, 0.15) is 25.3 Å². The van der Waals surface area contributed by atoms with Crippen LogP contribution in [0.25, 0.3) is 0 Å². The first-order valence-corrected chi connectivity index (χ1v) is 5.97. The first-order valence-electron chi connectivity index (χ1n) is 5.97. The van der Waals surface area contributed by atoms with E-state index >= 15 is 0 Å². The van der Waals surface area contributed by atoms with Crippen LogP contribution in [-0.2, 0) is 11.2 Å². The summed E-state index contributed by atoms with van der Waals surface area (Å²) in [5.74, 6) is 0.780. The number of carbonyl (C=O) groups excluding carboxylic acids is 1. The topological polar surface area (TPSA) is 52.9 Å². The average Bonchev–Trinajstić information content (AvgIpc) is 3.15. The maximum absolute atomic E-state index is 11.8. The Balaban J connectivity index is 1.94. The van der Waals surface area contributed by atoms with E-state index in [0.29, 0.717) is 12.3 Å². The minimum absolute atomic E-state index is 0.0977. The highest BCUT2D eigenvalue weighted by Gasteiger charge is 2.32. The highest BCUT2D eigenvalue weighted by atomic mass is 16.1. The number of nitriles is 1. The number of hydrogen-bond acceptors (Lipinski definition) is 2. The molecule has 1 N–H and O–H groups in total. The lowest BCUT2D eigenvalue weighted by molar-refractivity contribution is -0.119. The van der Waals surface area contributed by atoms with Crippen molar-refractivity contribution >= 4 is 11.6 Å². The van der Waals surface area contributed by atoms with Crippen molar-refractivity contribution in [3.63, 3.8) is 0 Å². The molecule has 0 aliphatic heterocycles. The first kappa shape index (κ1) is 11.7. The second kappa shape index (κ2) is 5.01. The van der Waals surface area contributed by atoms with Gasteiger partial charge in [-0.3, -0.25) is 4.79 Å². The zero-order valence-corrected chi connectivity index (χ0v) is 9.94. The summed E-state index contributed by atoms with van der Waals surface area (Å²) in [5.41, 5.74) is 1.78. The molecule has 1 atom stereocenters. The largest absolute Gasteiger partial charge is 0.326 e. The highest BCUT2D eigenvalue weighted by molar-refractivity contribution is 5.92. The van der Waals surface area contributed by atoms with Crippen molar-refractivity contribution in [1.29, 1.82) is 5.26 Å². The summed E-state index contributed by atoms with van der Waals surface area (Å²) in [6.07, 6.45) is 2.76. The second-order valence-corrected chi connectivity index (χ2v) is 4.65. The summed E-state index contributed by atoms with van der Waals surface area (Å²) in [4.78, 5) is 11.8. The molecule has 1 aromatic carbocycles. The summed E-state index contributed by atoms with van der Waals surface area (Å²) in [5, 5.41) is 11.5. The van der Waals surface area contributed by atoms with E-state index in [0.717, 1.165) is 11.3 Å². The Morgan fingerprint density at radius 2 is 2.12 bits per heavy atom. The van der Waals surface area contributed by atoms with Crippen molar-refractivity contribution < 1.29 is 4.79 Å². The molecule has 1 unspecified atom stereocenters. The van der Waals surface area contributed by atoms with Gasteiger partial charge in [-0.15, -0.1) is 0 Å². The van der Waals surface area contributed by atoms with Crippen molar-refractivity contribution in [2.45, 2.75) is 26.2 Å². The normalized spacial score (nSPS) is 16.0. The number of anilines is 1. The van der Waals surface area contributed by atoms with E-state index < -0.39 is 0 Å². The molecule has 1 aromatic rings. The molecule has 0 saturated heterocycles. The lowest BCUT2D eigenvalue weighted by Crippen LogP contribution is -2.21. The van der Waals surface area contributed by atoms with Gasteiger partial charge in [-0.05, 0) is 36.5 Å². The Labute approximate surface area is 101 Å². The zero-order chi connectivity index (χ0) is 12.3. The maximum Gasteiger partial charge on any atom is 0.227 e. The van der Waals surface area contributed by atoms with Gasteiger partial charge in [0.2, 0.25) is 5.91 Å². The van der Waals surface area contributed by atoms with E-state index in [1.807, 2.05) is 31.2 Å². The van der Waals surface area contributed by atoms with Crippen LogP contribution in [0.5, 0.6) is 0 Å². The van der Waals surface area contributed by atoms with Crippen LogP contribution in [0.2, 0.25) is 0 Å². The van der Waals surface area contributed by atoms with Gasteiger partial charge in [0, 0.05) is 11.6 Å². The quantitative estimate of drug-likeness (QED) is 0.861. The summed E-state index contributed by atoms with van der Waals surface area (Å²) < 4.78 is 0. The minimum Gasteiger partial charge on any atom is -0.326 e. The SMILES string of the molecule is CC(C(=O)Nc1ccc(CC#N)cc1)C1CC1. The molecule has 1 aliphatic rings. The second-order valence-electron chi connectivity index (χ2n) is 4.65. The van der Waals surface area contributed by atoms with Crippen LogP contribution in [0.15, 0.2) is 24.3 Å². The summed E-state index contributed by atoms with van der Waals surface area (Å²) in [7, 11) is 0. The van der Waals surface area contributed by atoms with Crippen molar-refractivity contribution in [2.24, 2.45) is 11.8 Å². The molecule has 0 bridgehead atoms. The fourth-order valence-electron chi connectivity index (χ4n) is 1.86. The van der Waals surface area contributed by atoms with Gasteiger partial charge in [0.05, 0.1) is 12.5 Å². The maximum atomic E-state index is 11.8. The van der Waals surface area contributed by atoms with Crippen LogP contribution in [0.3, 0.4) is 0 Å². The fraction of sp³-hybridized carbons (Fsp3) is 0.429. The molecule has 0 aromatic heterocycles. The Morgan fingerprint density at radius 3 is 2.65 bits per heavy atom. The van der Waals surface area contributed by atoms with E-state index in [-0.39, 0.29) is 11.8 Å². The number of rotatable bonds is 4. The number of benzene rings is 1. The number of carbonyl (C=O) groups is 1. The molecule has 17 heavy (non-hydrogen) atoms. The van der Waals surface area contributed by atoms with E-state index in [9.17, 15) is 4.79 Å². The molecule has 3 nitrogen and oxygen atoms in total. The van der Waals surface area contributed by atoms with E-state index in [1.54, 1.807) is 0 Å². The standard InChI is InChI=1S/C14H16N2O/c1-10(12-4-5-12)14(17)16-13-6-2-11(3-7-13)8-9-15/h2-3,6-7,10,12H,4-5,8H2,1H3,(H,16,17). The Kier molecular flexibility index (Phi) is 3.43. The zero-order valence-electron chi connectivity index (χ0n) is 9.94. The van der Waals surface area contributed by atoms with Crippen LogP contribution >= 0.6 is 0 Å². The minimum atomic E-state index is 0.0977. The third-order valence-corrected chi connectivity index (χ3v) is 3.25. The van der Waals surface area contributed by atoms with Gasteiger partial charge in [0.15, 0.2) is 0 Å². The molecule has 0 spiro atoms. The number of nitrogens with zero attached hydrogens (tertiary/aromatic N) is 1. The number of amides is 1. The van der Waals surface area contributed by atoms with Crippen LogP contribution in [-0.4, -0.2) is 5.91 Å². The lowest BCUT2D eigenvalue weighted by Gasteiger charge is -2.11. The van der Waals surface area contributed by atoms with Gasteiger partial charge in [-0.25, -0.2) is 0 Å². The fourth-order valence-corrected chi connectivity index (χ4v) is 1.86. The predicted octanol–water partition coefficient (Wildman–Crippen LogP) is 2.74. The monoisotopic (exact) mass is 228 g/mol. The van der Waals surface area contributed by atoms with Gasteiger partial charge < -0.3 is 5.32 Å². The third-order valence-electron chi connectivity index (χ3n) is 3.25. The third kappa shape index (κ3) is 3.07.